The maximum absolute atomic E-state index is 12.3. The van der Waals surface area contributed by atoms with E-state index < -0.39 is 0 Å². The van der Waals surface area contributed by atoms with E-state index in [0.717, 1.165) is 6.42 Å². The molecular weight excluding hydrogens is 274 g/mol. The zero-order valence-electron chi connectivity index (χ0n) is 11.8. The van der Waals surface area contributed by atoms with Crippen LogP contribution in [0.3, 0.4) is 0 Å². The first-order valence-corrected chi connectivity index (χ1v) is 6.90. The summed E-state index contributed by atoms with van der Waals surface area (Å²) in [5.41, 5.74) is 0.488. The maximum Gasteiger partial charge on any atom is 0.322 e. The van der Waals surface area contributed by atoms with Gasteiger partial charge in [0, 0.05) is 32.1 Å². The summed E-state index contributed by atoms with van der Waals surface area (Å²) in [7, 11) is 1.47. The van der Waals surface area contributed by atoms with Crippen LogP contribution in [0.2, 0.25) is 0 Å². The van der Waals surface area contributed by atoms with Crippen LogP contribution in [0.1, 0.15) is 12.8 Å². The summed E-state index contributed by atoms with van der Waals surface area (Å²) < 4.78 is 5.06. The maximum atomic E-state index is 12.3. The van der Waals surface area contributed by atoms with Crippen molar-refractivity contribution < 1.29 is 14.3 Å². The highest BCUT2D eigenvalue weighted by molar-refractivity contribution is 5.91. The van der Waals surface area contributed by atoms with Crippen LogP contribution in [-0.4, -0.2) is 64.7 Å². The summed E-state index contributed by atoms with van der Waals surface area (Å²) in [6, 6.07) is 1.58. The summed E-state index contributed by atoms with van der Waals surface area (Å²) in [5.74, 6) is 0.473. The van der Waals surface area contributed by atoms with Gasteiger partial charge in [0.15, 0.2) is 0 Å². The van der Waals surface area contributed by atoms with E-state index in [2.05, 4.69) is 15.5 Å². The number of fused-ring (bicyclic) bond motifs is 1. The van der Waals surface area contributed by atoms with Gasteiger partial charge in [0.05, 0.1) is 13.3 Å². The Morgan fingerprint density at radius 2 is 2.33 bits per heavy atom. The zero-order valence-corrected chi connectivity index (χ0v) is 11.8. The SMILES string of the molecule is COc1nnccc1NC(=O)N1CCN2C(=O)CCC2C1. The molecule has 0 aromatic carbocycles. The van der Waals surface area contributed by atoms with Gasteiger partial charge in [0.2, 0.25) is 5.91 Å². The number of aromatic nitrogens is 2. The minimum absolute atomic E-state index is 0.148. The number of hydrogen-bond acceptors (Lipinski definition) is 5. The largest absolute Gasteiger partial charge is 0.478 e. The molecule has 8 nitrogen and oxygen atoms in total. The van der Waals surface area contributed by atoms with Gasteiger partial charge in [0.25, 0.3) is 5.88 Å². The summed E-state index contributed by atoms with van der Waals surface area (Å²) in [6.45, 7) is 1.70. The molecule has 2 aliphatic heterocycles. The Morgan fingerprint density at radius 1 is 1.48 bits per heavy atom. The van der Waals surface area contributed by atoms with Crippen LogP contribution in [-0.2, 0) is 4.79 Å². The van der Waals surface area contributed by atoms with Crippen LogP contribution in [0.15, 0.2) is 12.3 Å². The fourth-order valence-corrected chi connectivity index (χ4v) is 2.81. The summed E-state index contributed by atoms with van der Waals surface area (Å²) >= 11 is 0. The standard InChI is InChI=1S/C13H17N5O3/c1-21-12-10(4-5-14-16-12)15-13(20)17-6-7-18-9(8-17)2-3-11(18)19/h4-5,9H,2-3,6-8H2,1H3,(H,14,15,20). The second-order valence-corrected chi connectivity index (χ2v) is 5.11. The second kappa shape index (κ2) is 5.55. The third-order valence-corrected chi connectivity index (χ3v) is 3.90. The van der Waals surface area contributed by atoms with Crippen molar-refractivity contribution in [2.75, 3.05) is 32.1 Å². The van der Waals surface area contributed by atoms with Crippen LogP contribution in [0.5, 0.6) is 5.88 Å². The molecule has 1 atom stereocenters. The number of nitrogens with zero attached hydrogens (tertiary/aromatic N) is 4. The number of amides is 3. The van der Waals surface area contributed by atoms with Crippen molar-refractivity contribution in [1.29, 1.82) is 0 Å². The lowest BCUT2D eigenvalue weighted by atomic mass is 10.1. The van der Waals surface area contributed by atoms with Gasteiger partial charge >= 0.3 is 6.03 Å². The topological polar surface area (TPSA) is 87.7 Å². The van der Waals surface area contributed by atoms with Gasteiger partial charge < -0.3 is 19.9 Å². The molecule has 2 fully saturated rings. The van der Waals surface area contributed by atoms with Crippen molar-refractivity contribution in [1.82, 2.24) is 20.0 Å². The number of rotatable bonds is 2. The molecule has 1 aromatic heterocycles. The molecule has 0 radical (unpaired) electrons. The number of carbonyl (C=O) groups excluding carboxylic acids is 2. The fourth-order valence-electron chi connectivity index (χ4n) is 2.81. The molecule has 3 rings (SSSR count). The summed E-state index contributed by atoms with van der Waals surface area (Å²) in [4.78, 5) is 27.5. The van der Waals surface area contributed by atoms with Gasteiger partial charge in [-0.15, -0.1) is 5.10 Å². The Bertz CT molecular complexity index is 564. The Morgan fingerprint density at radius 3 is 3.14 bits per heavy atom. The molecule has 8 heteroatoms. The molecule has 1 unspecified atom stereocenters. The van der Waals surface area contributed by atoms with E-state index in [0.29, 0.717) is 31.7 Å². The molecule has 21 heavy (non-hydrogen) atoms. The normalized spacial score (nSPS) is 21.2. The Balaban J connectivity index is 1.65. The van der Waals surface area contributed by atoms with Crippen LogP contribution < -0.4 is 10.1 Å². The molecule has 2 saturated heterocycles. The molecular formula is C13H17N5O3. The van der Waals surface area contributed by atoms with Crippen molar-refractivity contribution >= 4 is 17.6 Å². The Hall–Kier alpha value is -2.38. The minimum atomic E-state index is -0.208. The molecule has 2 aliphatic rings. The van der Waals surface area contributed by atoms with Crippen LogP contribution >= 0.6 is 0 Å². The molecule has 0 aliphatic carbocycles. The highest BCUT2D eigenvalue weighted by Crippen LogP contribution is 2.24. The van der Waals surface area contributed by atoms with E-state index in [-0.39, 0.29) is 23.9 Å². The predicted octanol–water partition coefficient (Wildman–Crippen LogP) is 0.324. The Labute approximate surface area is 122 Å². The lowest BCUT2D eigenvalue weighted by Gasteiger charge is -2.37. The molecule has 0 spiro atoms. The quantitative estimate of drug-likeness (QED) is 0.848. The van der Waals surface area contributed by atoms with Gasteiger partial charge in [-0.05, 0) is 12.5 Å². The van der Waals surface area contributed by atoms with E-state index in [1.165, 1.54) is 13.3 Å². The first-order chi connectivity index (χ1) is 10.2. The van der Waals surface area contributed by atoms with Gasteiger partial charge in [-0.25, -0.2) is 4.79 Å². The lowest BCUT2D eigenvalue weighted by Crippen LogP contribution is -2.54. The number of anilines is 1. The third kappa shape index (κ3) is 2.61. The summed E-state index contributed by atoms with van der Waals surface area (Å²) in [6.07, 6.45) is 2.90. The van der Waals surface area contributed by atoms with Crippen molar-refractivity contribution in [3.63, 3.8) is 0 Å². The highest BCUT2D eigenvalue weighted by atomic mass is 16.5. The van der Waals surface area contributed by atoms with Crippen LogP contribution in [0, 0.1) is 0 Å². The molecule has 0 bridgehead atoms. The van der Waals surface area contributed by atoms with Crippen LogP contribution in [0.4, 0.5) is 10.5 Å². The summed E-state index contributed by atoms with van der Waals surface area (Å²) in [5, 5.41) is 10.3. The number of hydrogen-bond donors (Lipinski definition) is 1. The van der Waals surface area contributed by atoms with E-state index in [1.807, 2.05) is 4.90 Å². The number of methoxy groups -OCH3 is 1. The smallest absolute Gasteiger partial charge is 0.322 e. The fraction of sp³-hybridized carbons (Fsp3) is 0.538. The van der Waals surface area contributed by atoms with Crippen molar-refractivity contribution in [3.8, 4) is 5.88 Å². The number of piperazine rings is 1. The molecule has 3 amide bonds. The third-order valence-electron chi connectivity index (χ3n) is 3.90. The van der Waals surface area contributed by atoms with Crippen LogP contribution in [0.25, 0.3) is 0 Å². The van der Waals surface area contributed by atoms with E-state index in [9.17, 15) is 9.59 Å². The lowest BCUT2D eigenvalue weighted by molar-refractivity contribution is -0.130. The molecule has 1 N–H and O–H groups in total. The predicted molar refractivity (Wildman–Crippen MR) is 73.9 cm³/mol. The van der Waals surface area contributed by atoms with E-state index in [4.69, 9.17) is 4.74 Å². The zero-order chi connectivity index (χ0) is 14.8. The Kier molecular flexibility index (Phi) is 3.59. The van der Waals surface area contributed by atoms with E-state index in [1.54, 1.807) is 11.0 Å². The minimum Gasteiger partial charge on any atom is -0.478 e. The van der Waals surface area contributed by atoms with E-state index >= 15 is 0 Å². The van der Waals surface area contributed by atoms with Gasteiger partial charge in [-0.2, -0.15) is 5.10 Å². The van der Waals surface area contributed by atoms with Gasteiger partial charge in [-0.1, -0.05) is 0 Å². The average molecular weight is 291 g/mol. The first-order valence-electron chi connectivity index (χ1n) is 6.90. The number of carbonyl (C=O) groups is 2. The van der Waals surface area contributed by atoms with Gasteiger partial charge in [-0.3, -0.25) is 4.79 Å². The highest BCUT2D eigenvalue weighted by Gasteiger charge is 2.36. The average Bonchev–Trinajstić information content (AvgIpc) is 2.88. The number of nitrogens with one attached hydrogen (secondary N) is 1. The van der Waals surface area contributed by atoms with Crippen molar-refractivity contribution in [2.45, 2.75) is 18.9 Å². The second-order valence-electron chi connectivity index (χ2n) is 5.11. The van der Waals surface area contributed by atoms with Gasteiger partial charge in [0.1, 0.15) is 5.69 Å². The molecule has 1 aromatic rings. The van der Waals surface area contributed by atoms with Crippen molar-refractivity contribution in [3.05, 3.63) is 12.3 Å². The molecule has 112 valence electrons. The van der Waals surface area contributed by atoms with Crippen molar-refractivity contribution in [2.24, 2.45) is 0 Å². The molecule has 3 heterocycles. The number of urea groups is 1. The monoisotopic (exact) mass is 291 g/mol. The first kappa shape index (κ1) is 13.6. The molecule has 0 saturated carbocycles. The number of ether oxygens (including phenoxy) is 1.